The predicted molar refractivity (Wildman–Crippen MR) is 77.6 cm³/mol. The summed E-state index contributed by atoms with van der Waals surface area (Å²) in [7, 11) is 1.60. The molecule has 0 saturated carbocycles. The minimum Gasteiger partial charge on any atom is -0.497 e. The zero-order valence-corrected chi connectivity index (χ0v) is 12.2. The smallest absolute Gasteiger partial charge is 0.242 e. The Bertz CT molecular complexity index is 443. The molecule has 0 heterocycles. The normalized spacial score (nSPS) is 11.6. The van der Waals surface area contributed by atoms with E-state index in [1.807, 2.05) is 19.1 Å². The van der Waals surface area contributed by atoms with Gasteiger partial charge in [0.1, 0.15) is 11.8 Å². The minimum absolute atomic E-state index is 0.157. The monoisotopic (exact) mass is 278 g/mol. The van der Waals surface area contributed by atoms with Crippen molar-refractivity contribution in [2.24, 2.45) is 0 Å². The second kappa shape index (κ2) is 8.19. The summed E-state index contributed by atoms with van der Waals surface area (Å²) in [6.45, 7) is 4.28. The van der Waals surface area contributed by atoms with Gasteiger partial charge in [-0.15, -0.1) is 0 Å². The third-order valence-corrected chi connectivity index (χ3v) is 2.84. The molecule has 0 radical (unpaired) electrons. The van der Waals surface area contributed by atoms with Crippen LogP contribution in [0.25, 0.3) is 0 Å². The third kappa shape index (κ3) is 5.30. The molecule has 5 nitrogen and oxygen atoms in total. The van der Waals surface area contributed by atoms with Crippen LogP contribution < -0.4 is 15.4 Å². The Kier molecular flexibility index (Phi) is 6.56. The standard InChI is InChI=1S/C15H22N2O3/c1-4-9-16-15(19)11(2)17-14(18)10-12-5-7-13(20-3)8-6-12/h5-8,11H,4,9-10H2,1-3H3,(H,16,19)(H,17,18)/t11-/m0/s1. The Morgan fingerprint density at radius 1 is 1.25 bits per heavy atom. The van der Waals surface area contributed by atoms with E-state index in [1.165, 1.54) is 0 Å². The number of nitrogens with one attached hydrogen (secondary N) is 2. The van der Waals surface area contributed by atoms with E-state index in [-0.39, 0.29) is 18.2 Å². The first-order valence-electron chi connectivity index (χ1n) is 6.76. The first-order valence-corrected chi connectivity index (χ1v) is 6.76. The average molecular weight is 278 g/mol. The number of rotatable bonds is 7. The van der Waals surface area contributed by atoms with Crippen molar-refractivity contribution in [2.45, 2.75) is 32.7 Å². The number of carbonyl (C=O) groups is 2. The van der Waals surface area contributed by atoms with Gasteiger partial charge in [0.25, 0.3) is 0 Å². The quantitative estimate of drug-likeness (QED) is 0.789. The summed E-state index contributed by atoms with van der Waals surface area (Å²) in [6, 6.07) is 6.76. The van der Waals surface area contributed by atoms with Crippen LogP contribution in [0.5, 0.6) is 5.75 Å². The van der Waals surface area contributed by atoms with Gasteiger partial charge in [-0.2, -0.15) is 0 Å². The molecule has 0 bridgehead atoms. The Hall–Kier alpha value is -2.04. The molecule has 0 unspecified atom stereocenters. The largest absolute Gasteiger partial charge is 0.497 e. The third-order valence-electron chi connectivity index (χ3n) is 2.84. The van der Waals surface area contributed by atoms with Crippen LogP contribution in [0.15, 0.2) is 24.3 Å². The van der Waals surface area contributed by atoms with Gasteiger partial charge in [0, 0.05) is 6.54 Å². The molecular formula is C15H22N2O3. The number of methoxy groups -OCH3 is 1. The topological polar surface area (TPSA) is 67.4 Å². The fraction of sp³-hybridized carbons (Fsp3) is 0.467. The van der Waals surface area contributed by atoms with Crippen molar-refractivity contribution >= 4 is 11.8 Å². The fourth-order valence-corrected chi connectivity index (χ4v) is 1.69. The molecule has 5 heteroatoms. The highest BCUT2D eigenvalue weighted by molar-refractivity contribution is 5.88. The van der Waals surface area contributed by atoms with Crippen molar-refractivity contribution < 1.29 is 14.3 Å². The van der Waals surface area contributed by atoms with Crippen LogP contribution in [-0.2, 0) is 16.0 Å². The van der Waals surface area contributed by atoms with Crippen molar-refractivity contribution in [1.82, 2.24) is 10.6 Å². The van der Waals surface area contributed by atoms with Gasteiger partial charge in [0.15, 0.2) is 0 Å². The Morgan fingerprint density at radius 3 is 2.45 bits per heavy atom. The number of benzene rings is 1. The molecule has 110 valence electrons. The molecule has 0 spiro atoms. The molecular weight excluding hydrogens is 256 g/mol. The number of ether oxygens (including phenoxy) is 1. The van der Waals surface area contributed by atoms with E-state index < -0.39 is 6.04 Å². The van der Waals surface area contributed by atoms with Crippen LogP contribution in [0.3, 0.4) is 0 Å². The molecule has 1 rings (SSSR count). The van der Waals surface area contributed by atoms with Crippen molar-refractivity contribution in [1.29, 1.82) is 0 Å². The maximum atomic E-state index is 11.8. The molecule has 1 aromatic rings. The Morgan fingerprint density at radius 2 is 1.90 bits per heavy atom. The van der Waals surface area contributed by atoms with E-state index in [0.717, 1.165) is 17.7 Å². The lowest BCUT2D eigenvalue weighted by molar-refractivity contribution is -0.128. The van der Waals surface area contributed by atoms with Crippen LogP contribution in [0.2, 0.25) is 0 Å². The highest BCUT2D eigenvalue weighted by atomic mass is 16.5. The number of amides is 2. The summed E-state index contributed by atoms with van der Waals surface area (Å²) in [5, 5.41) is 5.43. The molecule has 2 amide bonds. The van der Waals surface area contributed by atoms with E-state index >= 15 is 0 Å². The van der Waals surface area contributed by atoms with Crippen LogP contribution in [0.1, 0.15) is 25.8 Å². The molecule has 0 fully saturated rings. The van der Waals surface area contributed by atoms with Gasteiger partial charge in [-0.3, -0.25) is 9.59 Å². The van der Waals surface area contributed by atoms with Crippen molar-refractivity contribution in [2.75, 3.05) is 13.7 Å². The summed E-state index contributed by atoms with van der Waals surface area (Å²) >= 11 is 0. The fourth-order valence-electron chi connectivity index (χ4n) is 1.69. The van der Waals surface area contributed by atoms with Crippen molar-refractivity contribution in [3.05, 3.63) is 29.8 Å². The van der Waals surface area contributed by atoms with Gasteiger partial charge >= 0.3 is 0 Å². The molecule has 1 aromatic carbocycles. The number of hydrogen-bond donors (Lipinski definition) is 2. The minimum atomic E-state index is -0.521. The molecule has 0 aromatic heterocycles. The molecule has 1 atom stereocenters. The maximum Gasteiger partial charge on any atom is 0.242 e. The summed E-state index contributed by atoms with van der Waals surface area (Å²) in [4.78, 5) is 23.5. The summed E-state index contributed by atoms with van der Waals surface area (Å²) in [6.07, 6.45) is 1.12. The summed E-state index contributed by atoms with van der Waals surface area (Å²) < 4.78 is 5.05. The maximum absolute atomic E-state index is 11.8. The Balaban J connectivity index is 2.44. The van der Waals surface area contributed by atoms with Gasteiger partial charge in [-0.1, -0.05) is 19.1 Å². The first kappa shape index (κ1) is 16.0. The van der Waals surface area contributed by atoms with Gasteiger partial charge in [0.05, 0.1) is 13.5 Å². The van der Waals surface area contributed by atoms with Crippen LogP contribution in [0, 0.1) is 0 Å². The van der Waals surface area contributed by atoms with E-state index in [9.17, 15) is 9.59 Å². The van der Waals surface area contributed by atoms with E-state index in [0.29, 0.717) is 6.54 Å². The van der Waals surface area contributed by atoms with E-state index in [2.05, 4.69) is 10.6 Å². The van der Waals surface area contributed by atoms with Gasteiger partial charge in [0.2, 0.25) is 11.8 Å². The average Bonchev–Trinajstić information content (AvgIpc) is 2.45. The SMILES string of the molecule is CCCNC(=O)[C@H](C)NC(=O)Cc1ccc(OC)cc1. The molecule has 20 heavy (non-hydrogen) atoms. The first-order chi connectivity index (χ1) is 9.56. The lowest BCUT2D eigenvalue weighted by Crippen LogP contribution is -2.45. The van der Waals surface area contributed by atoms with Gasteiger partial charge in [-0.25, -0.2) is 0 Å². The zero-order valence-electron chi connectivity index (χ0n) is 12.2. The van der Waals surface area contributed by atoms with E-state index in [1.54, 1.807) is 26.2 Å². The second-order valence-electron chi connectivity index (χ2n) is 4.61. The number of carbonyl (C=O) groups excluding carboxylic acids is 2. The lowest BCUT2D eigenvalue weighted by Gasteiger charge is -2.13. The highest BCUT2D eigenvalue weighted by Crippen LogP contribution is 2.11. The molecule has 0 aliphatic heterocycles. The van der Waals surface area contributed by atoms with Crippen LogP contribution in [0.4, 0.5) is 0 Å². The van der Waals surface area contributed by atoms with Gasteiger partial charge in [-0.05, 0) is 31.0 Å². The molecule has 0 aliphatic carbocycles. The molecule has 0 saturated heterocycles. The predicted octanol–water partition coefficient (Wildman–Crippen LogP) is 1.27. The second-order valence-corrected chi connectivity index (χ2v) is 4.61. The highest BCUT2D eigenvalue weighted by Gasteiger charge is 2.14. The number of hydrogen-bond acceptors (Lipinski definition) is 3. The zero-order chi connectivity index (χ0) is 15.0. The Labute approximate surface area is 119 Å². The molecule has 0 aliphatic rings. The summed E-state index contributed by atoms with van der Waals surface area (Å²) in [5.74, 6) is 0.422. The lowest BCUT2D eigenvalue weighted by atomic mass is 10.1. The van der Waals surface area contributed by atoms with E-state index in [4.69, 9.17) is 4.74 Å². The van der Waals surface area contributed by atoms with Gasteiger partial charge < -0.3 is 15.4 Å². The summed E-state index contributed by atoms with van der Waals surface area (Å²) in [5.41, 5.74) is 0.879. The van der Waals surface area contributed by atoms with Crippen molar-refractivity contribution in [3.8, 4) is 5.75 Å². The van der Waals surface area contributed by atoms with Crippen molar-refractivity contribution in [3.63, 3.8) is 0 Å². The van der Waals surface area contributed by atoms with Crippen LogP contribution in [-0.4, -0.2) is 31.5 Å². The molecule has 2 N–H and O–H groups in total. The van der Waals surface area contributed by atoms with Crippen LogP contribution >= 0.6 is 0 Å².